The second-order valence-corrected chi connectivity index (χ2v) is 8.57. The van der Waals surface area contributed by atoms with E-state index >= 15 is 0 Å². The van der Waals surface area contributed by atoms with E-state index in [1.54, 1.807) is 4.57 Å². The molecule has 0 bridgehead atoms. The van der Waals surface area contributed by atoms with Gasteiger partial charge in [-0.3, -0.25) is 9.47 Å². The maximum absolute atomic E-state index is 12.0. The number of oxazole rings is 1. The molecule has 1 aromatic carbocycles. The van der Waals surface area contributed by atoms with Crippen molar-refractivity contribution in [3.63, 3.8) is 0 Å². The van der Waals surface area contributed by atoms with Gasteiger partial charge in [0.05, 0.1) is 5.52 Å². The minimum atomic E-state index is -0.225. The predicted molar refractivity (Wildman–Crippen MR) is 128 cm³/mol. The van der Waals surface area contributed by atoms with Crippen LogP contribution in [0.5, 0.6) is 0 Å². The lowest BCUT2D eigenvalue weighted by atomic mass is 9.94. The highest BCUT2D eigenvalue weighted by molar-refractivity contribution is 5.85. The van der Waals surface area contributed by atoms with Crippen molar-refractivity contribution in [2.45, 2.75) is 70.4 Å². The Hall–Kier alpha value is -1.01. The van der Waals surface area contributed by atoms with E-state index in [0.717, 1.165) is 24.5 Å². The number of hydrogen-bond acceptors (Lipinski definition) is 4. The number of aromatic nitrogens is 1. The van der Waals surface area contributed by atoms with E-state index in [1.165, 1.54) is 84.1 Å². The van der Waals surface area contributed by atoms with E-state index in [9.17, 15) is 4.79 Å². The summed E-state index contributed by atoms with van der Waals surface area (Å²) >= 11 is 0. The minimum absolute atomic E-state index is 0. The molecule has 0 N–H and O–H groups in total. The molecule has 5 nitrogen and oxygen atoms in total. The first-order chi connectivity index (χ1) is 13.8. The molecule has 2 heterocycles. The predicted octanol–water partition coefficient (Wildman–Crippen LogP) is 4.95. The minimum Gasteiger partial charge on any atom is -0.408 e. The molecule has 1 aromatic heterocycles. The number of fused-ring (bicyclic) bond motifs is 1. The number of halogens is 2. The van der Waals surface area contributed by atoms with E-state index in [1.807, 2.05) is 24.3 Å². The van der Waals surface area contributed by atoms with Gasteiger partial charge in [0, 0.05) is 38.8 Å². The summed E-state index contributed by atoms with van der Waals surface area (Å²) in [6, 6.07) is 8.57. The number of para-hydroxylation sites is 2. The van der Waals surface area contributed by atoms with Gasteiger partial charge in [-0.15, -0.1) is 24.8 Å². The normalized spacial score (nSPS) is 18.8. The average Bonchev–Trinajstić information content (AvgIpc) is 3.07. The van der Waals surface area contributed by atoms with Gasteiger partial charge in [0.25, 0.3) is 0 Å². The SMILES string of the molecule is Cl.Cl.O=c1oc2ccccc2n1CCCCCCN1CCN(C2CCCCC2)CC1. The lowest BCUT2D eigenvalue weighted by Gasteiger charge is -2.40. The molecule has 2 aromatic rings. The average molecular weight is 458 g/mol. The summed E-state index contributed by atoms with van der Waals surface area (Å²) in [5.41, 5.74) is 1.61. The van der Waals surface area contributed by atoms with E-state index in [2.05, 4.69) is 9.80 Å². The zero-order valence-corrected chi connectivity index (χ0v) is 19.6. The summed E-state index contributed by atoms with van der Waals surface area (Å²) in [5, 5.41) is 0. The molecular formula is C23H37Cl2N3O2. The van der Waals surface area contributed by atoms with Gasteiger partial charge < -0.3 is 9.32 Å². The van der Waals surface area contributed by atoms with Crippen molar-refractivity contribution in [1.82, 2.24) is 14.4 Å². The molecule has 1 aliphatic heterocycles. The van der Waals surface area contributed by atoms with E-state index in [-0.39, 0.29) is 30.6 Å². The molecule has 7 heteroatoms. The van der Waals surface area contributed by atoms with Crippen molar-refractivity contribution < 1.29 is 4.42 Å². The molecule has 0 atom stereocenters. The van der Waals surface area contributed by atoms with Crippen molar-refractivity contribution in [3.05, 3.63) is 34.8 Å². The highest BCUT2D eigenvalue weighted by Crippen LogP contribution is 2.23. The third-order valence-electron chi connectivity index (χ3n) is 6.68. The van der Waals surface area contributed by atoms with Crippen LogP contribution < -0.4 is 5.76 Å². The molecule has 30 heavy (non-hydrogen) atoms. The molecule has 0 spiro atoms. The van der Waals surface area contributed by atoms with Crippen LogP contribution in [0.1, 0.15) is 57.8 Å². The maximum atomic E-state index is 12.0. The molecule has 0 radical (unpaired) electrons. The van der Waals surface area contributed by atoms with Crippen molar-refractivity contribution in [3.8, 4) is 0 Å². The molecule has 4 rings (SSSR count). The van der Waals surface area contributed by atoms with E-state index in [4.69, 9.17) is 4.42 Å². The Morgan fingerprint density at radius 1 is 0.833 bits per heavy atom. The monoisotopic (exact) mass is 457 g/mol. The van der Waals surface area contributed by atoms with Gasteiger partial charge in [-0.1, -0.05) is 44.2 Å². The summed E-state index contributed by atoms with van der Waals surface area (Å²) in [4.78, 5) is 17.4. The summed E-state index contributed by atoms with van der Waals surface area (Å²) in [7, 11) is 0. The second-order valence-electron chi connectivity index (χ2n) is 8.57. The largest absolute Gasteiger partial charge is 0.419 e. The molecule has 170 valence electrons. The van der Waals surface area contributed by atoms with Crippen LogP contribution >= 0.6 is 24.8 Å². The topological polar surface area (TPSA) is 41.6 Å². The number of rotatable bonds is 8. The van der Waals surface area contributed by atoms with Gasteiger partial charge >= 0.3 is 5.76 Å². The van der Waals surface area contributed by atoms with Gasteiger partial charge in [-0.05, 0) is 44.4 Å². The van der Waals surface area contributed by atoms with Crippen LogP contribution in [0.25, 0.3) is 11.1 Å². The molecular weight excluding hydrogens is 421 g/mol. The second kappa shape index (κ2) is 12.7. The Morgan fingerprint density at radius 3 is 2.23 bits per heavy atom. The van der Waals surface area contributed by atoms with Gasteiger partial charge in [0.2, 0.25) is 0 Å². The van der Waals surface area contributed by atoms with Crippen molar-refractivity contribution in [1.29, 1.82) is 0 Å². The summed E-state index contributed by atoms with van der Waals surface area (Å²) < 4.78 is 7.08. The smallest absolute Gasteiger partial charge is 0.408 e. The van der Waals surface area contributed by atoms with Crippen LogP contribution in [0, 0.1) is 0 Å². The maximum Gasteiger partial charge on any atom is 0.419 e. The quantitative estimate of drug-likeness (QED) is 0.525. The van der Waals surface area contributed by atoms with Crippen molar-refractivity contribution in [2.24, 2.45) is 0 Å². The highest BCUT2D eigenvalue weighted by atomic mass is 35.5. The first-order valence-electron chi connectivity index (χ1n) is 11.4. The Balaban J connectivity index is 0.00000160. The Morgan fingerprint density at radius 2 is 1.50 bits per heavy atom. The molecule has 2 fully saturated rings. The first kappa shape index (κ1) is 25.3. The lowest BCUT2D eigenvalue weighted by molar-refractivity contribution is 0.0781. The van der Waals surface area contributed by atoms with Gasteiger partial charge in [-0.2, -0.15) is 0 Å². The zero-order valence-electron chi connectivity index (χ0n) is 18.0. The van der Waals surface area contributed by atoms with Crippen LogP contribution in [-0.4, -0.2) is 53.1 Å². The number of piperazine rings is 1. The first-order valence-corrected chi connectivity index (χ1v) is 11.4. The zero-order chi connectivity index (χ0) is 19.2. The summed E-state index contributed by atoms with van der Waals surface area (Å²) in [5.74, 6) is -0.225. The van der Waals surface area contributed by atoms with Gasteiger partial charge in [-0.25, -0.2) is 4.79 Å². The Labute approximate surface area is 192 Å². The van der Waals surface area contributed by atoms with Crippen molar-refractivity contribution in [2.75, 3.05) is 32.7 Å². The van der Waals surface area contributed by atoms with Crippen LogP contribution in [0.15, 0.2) is 33.5 Å². The Bertz CT molecular complexity index is 793. The lowest BCUT2D eigenvalue weighted by Crippen LogP contribution is -2.50. The van der Waals surface area contributed by atoms with Crippen LogP contribution in [0.2, 0.25) is 0 Å². The van der Waals surface area contributed by atoms with Crippen LogP contribution in [0.3, 0.4) is 0 Å². The highest BCUT2D eigenvalue weighted by Gasteiger charge is 2.24. The number of unbranched alkanes of at least 4 members (excludes halogenated alkanes) is 3. The molecule has 1 aliphatic carbocycles. The van der Waals surface area contributed by atoms with Crippen molar-refractivity contribution >= 4 is 35.9 Å². The van der Waals surface area contributed by atoms with Crippen LogP contribution in [-0.2, 0) is 6.54 Å². The summed E-state index contributed by atoms with van der Waals surface area (Å²) in [6.45, 7) is 7.01. The van der Waals surface area contributed by atoms with E-state index < -0.39 is 0 Å². The number of benzene rings is 1. The fraction of sp³-hybridized carbons (Fsp3) is 0.696. The summed E-state index contributed by atoms with van der Waals surface area (Å²) in [6.07, 6.45) is 11.9. The number of nitrogens with zero attached hydrogens (tertiary/aromatic N) is 3. The molecule has 0 unspecified atom stereocenters. The third-order valence-corrected chi connectivity index (χ3v) is 6.68. The molecule has 2 aliphatic rings. The molecule has 1 saturated carbocycles. The Kier molecular flexibility index (Phi) is 10.7. The van der Waals surface area contributed by atoms with E-state index in [0.29, 0.717) is 5.58 Å². The van der Waals surface area contributed by atoms with Gasteiger partial charge in [0.1, 0.15) is 0 Å². The van der Waals surface area contributed by atoms with Gasteiger partial charge in [0.15, 0.2) is 5.58 Å². The fourth-order valence-corrected chi connectivity index (χ4v) is 4.98. The fourth-order valence-electron chi connectivity index (χ4n) is 4.98. The van der Waals surface area contributed by atoms with Crippen LogP contribution in [0.4, 0.5) is 0 Å². The standard InChI is InChI=1S/C23H35N3O2.2ClH/c27-23-26(21-12-6-7-13-22(21)28-23)15-9-2-1-8-14-24-16-18-25(19-17-24)20-10-4-3-5-11-20;;/h6-7,12-13,20H,1-5,8-11,14-19H2;2*1H. The molecule has 1 saturated heterocycles. The molecule has 0 amide bonds. The third kappa shape index (κ3) is 6.49. The number of hydrogen-bond donors (Lipinski definition) is 0. The number of aryl methyl sites for hydroxylation is 1.